The Morgan fingerprint density at radius 3 is 2.62 bits per heavy atom. The van der Waals surface area contributed by atoms with Crippen LogP contribution in [0.2, 0.25) is 0 Å². The van der Waals surface area contributed by atoms with Crippen molar-refractivity contribution >= 4 is 22.9 Å². The first-order valence-electron chi connectivity index (χ1n) is 8.85. The molecule has 6 nitrogen and oxygen atoms in total. The Bertz CT molecular complexity index is 722. The van der Waals surface area contributed by atoms with Crippen molar-refractivity contribution in [1.82, 2.24) is 14.9 Å². The zero-order chi connectivity index (χ0) is 16.5. The van der Waals surface area contributed by atoms with Gasteiger partial charge in [-0.3, -0.25) is 4.79 Å². The summed E-state index contributed by atoms with van der Waals surface area (Å²) in [5, 5.41) is 15.4. The van der Waals surface area contributed by atoms with E-state index in [9.17, 15) is 4.79 Å². The Morgan fingerprint density at radius 2 is 1.96 bits per heavy atom. The minimum Gasteiger partial charge on any atom is -0.395 e. The van der Waals surface area contributed by atoms with Crippen LogP contribution in [0.3, 0.4) is 0 Å². The molecular formula is C18H24N4O2. The Balaban J connectivity index is 1.52. The third-order valence-corrected chi connectivity index (χ3v) is 4.94. The Morgan fingerprint density at radius 1 is 1.25 bits per heavy atom. The van der Waals surface area contributed by atoms with Crippen molar-refractivity contribution < 1.29 is 9.90 Å². The van der Waals surface area contributed by atoms with E-state index in [1.165, 1.54) is 25.7 Å². The highest BCUT2D eigenvalue weighted by atomic mass is 16.3. The summed E-state index contributed by atoms with van der Waals surface area (Å²) >= 11 is 0. The lowest BCUT2D eigenvalue weighted by atomic mass is 10.1. The highest BCUT2D eigenvalue weighted by Gasteiger charge is 2.42. The molecule has 1 amide bonds. The van der Waals surface area contributed by atoms with E-state index in [-0.39, 0.29) is 19.1 Å². The number of rotatable bonds is 8. The minimum atomic E-state index is 0.0286. The quantitative estimate of drug-likeness (QED) is 0.690. The molecule has 0 spiro atoms. The topological polar surface area (TPSA) is 79.2 Å². The first kappa shape index (κ1) is 15.4. The van der Waals surface area contributed by atoms with E-state index in [1.807, 2.05) is 28.8 Å². The molecule has 3 N–H and O–H groups in total. The number of carbonyl (C=O) groups is 1. The lowest BCUT2D eigenvalue weighted by Crippen LogP contribution is -2.40. The first-order chi connectivity index (χ1) is 11.8. The molecule has 2 aliphatic carbocycles. The van der Waals surface area contributed by atoms with Gasteiger partial charge in [0.05, 0.1) is 17.6 Å². The summed E-state index contributed by atoms with van der Waals surface area (Å²) in [6.45, 7) is 0.697. The van der Waals surface area contributed by atoms with E-state index in [1.54, 1.807) is 0 Å². The van der Waals surface area contributed by atoms with Gasteiger partial charge in [-0.05, 0) is 49.7 Å². The van der Waals surface area contributed by atoms with Gasteiger partial charge in [0.1, 0.15) is 6.54 Å². The number of nitrogens with one attached hydrogen (secondary N) is 2. The van der Waals surface area contributed by atoms with Crippen LogP contribution in [-0.4, -0.2) is 39.8 Å². The molecular weight excluding hydrogens is 304 g/mol. The molecule has 0 unspecified atom stereocenters. The van der Waals surface area contributed by atoms with Gasteiger partial charge in [0.25, 0.3) is 0 Å². The predicted octanol–water partition coefficient (Wildman–Crippen LogP) is 1.75. The maximum Gasteiger partial charge on any atom is 0.240 e. The minimum absolute atomic E-state index is 0.0286. The molecule has 24 heavy (non-hydrogen) atoms. The Kier molecular flexibility index (Phi) is 4.14. The number of nitrogens with zero attached hydrogens (tertiary/aromatic N) is 2. The van der Waals surface area contributed by atoms with Crippen LogP contribution in [0.1, 0.15) is 25.7 Å². The van der Waals surface area contributed by atoms with Gasteiger partial charge < -0.3 is 20.3 Å². The number of para-hydroxylation sites is 2. The number of fused-ring (bicyclic) bond motifs is 1. The molecule has 2 aromatic rings. The summed E-state index contributed by atoms with van der Waals surface area (Å²) in [5.74, 6) is 2.06. The molecule has 2 fully saturated rings. The molecule has 0 bridgehead atoms. The van der Waals surface area contributed by atoms with Crippen molar-refractivity contribution in [2.24, 2.45) is 11.8 Å². The van der Waals surface area contributed by atoms with Gasteiger partial charge in [-0.2, -0.15) is 0 Å². The fraction of sp³-hybridized carbons (Fsp3) is 0.556. The lowest BCUT2D eigenvalue weighted by Gasteiger charge is -2.18. The molecule has 2 aliphatic rings. The van der Waals surface area contributed by atoms with Crippen LogP contribution in [0.4, 0.5) is 5.95 Å². The molecule has 1 aromatic heterocycles. The number of aliphatic hydroxyl groups excluding tert-OH is 1. The fourth-order valence-corrected chi connectivity index (χ4v) is 3.44. The molecule has 0 aliphatic heterocycles. The number of amides is 1. The Hall–Kier alpha value is -2.08. The van der Waals surface area contributed by atoms with Crippen LogP contribution < -0.4 is 10.6 Å². The van der Waals surface area contributed by atoms with Crippen molar-refractivity contribution in [3.8, 4) is 0 Å². The lowest BCUT2D eigenvalue weighted by molar-refractivity contribution is -0.122. The van der Waals surface area contributed by atoms with Crippen molar-refractivity contribution in [3.05, 3.63) is 24.3 Å². The molecule has 4 rings (SSSR count). The van der Waals surface area contributed by atoms with Crippen molar-refractivity contribution in [2.45, 2.75) is 38.3 Å². The molecule has 0 saturated heterocycles. The first-order valence-corrected chi connectivity index (χ1v) is 8.85. The molecule has 0 atom stereocenters. The number of hydrogen-bond donors (Lipinski definition) is 3. The molecule has 1 aromatic carbocycles. The SMILES string of the molecule is O=C(Cn1c(NCCO)nc2ccccc21)NC(C1CC1)C1CC1. The molecule has 6 heteroatoms. The van der Waals surface area contributed by atoms with Crippen LogP contribution in [0.15, 0.2) is 24.3 Å². The summed E-state index contributed by atoms with van der Waals surface area (Å²) in [7, 11) is 0. The van der Waals surface area contributed by atoms with Gasteiger partial charge in [-0.25, -0.2) is 4.98 Å². The van der Waals surface area contributed by atoms with Gasteiger partial charge in [0, 0.05) is 12.6 Å². The van der Waals surface area contributed by atoms with E-state index in [0.717, 1.165) is 11.0 Å². The highest BCUT2D eigenvalue weighted by Crippen LogP contribution is 2.44. The highest BCUT2D eigenvalue weighted by molar-refractivity contribution is 5.83. The van der Waals surface area contributed by atoms with E-state index in [0.29, 0.717) is 30.4 Å². The van der Waals surface area contributed by atoms with Gasteiger partial charge in [0.15, 0.2) is 0 Å². The van der Waals surface area contributed by atoms with Crippen LogP contribution in [0.5, 0.6) is 0 Å². The predicted molar refractivity (Wildman–Crippen MR) is 92.7 cm³/mol. The molecule has 1 heterocycles. The van der Waals surface area contributed by atoms with Gasteiger partial charge in [-0.1, -0.05) is 12.1 Å². The maximum atomic E-state index is 12.6. The van der Waals surface area contributed by atoms with Crippen molar-refractivity contribution in [1.29, 1.82) is 0 Å². The van der Waals surface area contributed by atoms with E-state index in [4.69, 9.17) is 5.11 Å². The van der Waals surface area contributed by atoms with Gasteiger partial charge in [-0.15, -0.1) is 0 Å². The summed E-state index contributed by atoms with van der Waals surface area (Å²) in [4.78, 5) is 17.2. The number of benzene rings is 1. The monoisotopic (exact) mass is 328 g/mol. The summed E-state index contributed by atoms with van der Waals surface area (Å²) in [6, 6.07) is 8.16. The number of anilines is 1. The Labute approximate surface area is 141 Å². The molecule has 128 valence electrons. The number of aromatic nitrogens is 2. The number of imidazole rings is 1. The number of carbonyl (C=O) groups excluding carboxylic acids is 1. The van der Waals surface area contributed by atoms with Gasteiger partial charge in [0.2, 0.25) is 11.9 Å². The van der Waals surface area contributed by atoms with Crippen LogP contribution >= 0.6 is 0 Å². The maximum absolute atomic E-state index is 12.6. The summed E-state index contributed by atoms with van der Waals surface area (Å²) in [5.41, 5.74) is 1.79. The zero-order valence-corrected chi connectivity index (χ0v) is 13.7. The standard InChI is InChI=1S/C18H24N4O2/c23-10-9-19-18-20-14-3-1-2-4-15(14)22(18)11-16(24)21-17(12-5-6-12)13-7-8-13/h1-4,12-13,17,23H,5-11H2,(H,19,20)(H,21,24). The van der Waals surface area contributed by atoms with Crippen LogP contribution in [0.25, 0.3) is 11.0 Å². The third kappa shape index (κ3) is 3.24. The van der Waals surface area contributed by atoms with Crippen molar-refractivity contribution in [3.63, 3.8) is 0 Å². The van der Waals surface area contributed by atoms with E-state index < -0.39 is 0 Å². The molecule has 2 saturated carbocycles. The summed E-state index contributed by atoms with van der Waals surface area (Å²) in [6.07, 6.45) is 5.00. The van der Waals surface area contributed by atoms with Gasteiger partial charge >= 0.3 is 0 Å². The summed E-state index contributed by atoms with van der Waals surface area (Å²) < 4.78 is 1.90. The average molecular weight is 328 g/mol. The van der Waals surface area contributed by atoms with Crippen LogP contribution in [-0.2, 0) is 11.3 Å². The van der Waals surface area contributed by atoms with E-state index >= 15 is 0 Å². The molecule has 0 radical (unpaired) electrons. The van der Waals surface area contributed by atoms with E-state index in [2.05, 4.69) is 15.6 Å². The zero-order valence-electron chi connectivity index (χ0n) is 13.7. The smallest absolute Gasteiger partial charge is 0.240 e. The fourth-order valence-electron chi connectivity index (χ4n) is 3.44. The second-order valence-corrected chi connectivity index (χ2v) is 6.93. The largest absolute Gasteiger partial charge is 0.395 e. The van der Waals surface area contributed by atoms with Crippen molar-refractivity contribution in [2.75, 3.05) is 18.5 Å². The number of hydrogen-bond acceptors (Lipinski definition) is 4. The van der Waals surface area contributed by atoms with Crippen LogP contribution in [0, 0.1) is 11.8 Å². The normalized spacial score (nSPS) is 17.4. The third-order valence-electron chi connectivity index (χ3n) is 4.94. The average Bonchev–Trinajstić information content (AvgIpc) is 3.49. The second-order valence-electron chi connectivity index (χ2n) is 6.93. The number of aliphatic hydroxyl groups is 1. The second kappa shape index (κ2) is 6.43.